The van der Waals surface area contributed by atoms with Crippen LogP contribution in [0.5, 0.6) is 11.5 Å². The van der Waals surface area contributed by atoms with E-state index in [2.05, 4.69) is 47.3 Å². The summed E-state index contributed by atoms with van der Waals surface area (Å²) in [5.41, 5.74) is 2.57. The predicted octanol–water partition coefficient (Wildman–Crippen LogP) is 3.89. The van der Waals surface area contributed by atoms with E-state index in [9.17, 15) is 0 Å². The van der Waals surface area contributed by atoms with Gasteiger partial charge in [-0.15, -0.1) is 24.0 Å². The predicted molar refractivity (Wildman–Crippen MR) is 103 cm³/mol. The summed E-state index contributed by atoms with van der Waals surface area (Å²) in [4.78, 5) is 0. The lowest BCUT2D eigenvalue weighted by Crippen LogP contribution is -2.27. The molecule has 0 radical (unpaired) electrons. The van der Waals surface area contributed by atoms with Crippen LogP contribution in [-0.4, -0.2) is 14.2 Å². The Balaban J connectivity index is 0.00000192. The molecule has 2 aromatic carbocycles. The van der Waals surface area contributed by atoms with Gasteiger partial charge in [0.05, 0.1) is 19.6 Å². The van der Waals surface area contributed by atoms with Crippen LogP contribution in [0.1, 0.15) is 11.1 Å². The van der Waals surface area contributed by atoms with E-state index in [1.165, 1.54) is 16.5 Å². The molecule has 0 aliphatic carbocycles. The molecule has 4 heteroatoms. The molecule has 0 atom stereocenters. The molecular formula is C19H21INO2+. The molecule has 0 saturated carbocycles. The summed E-state index contributed by atoms with van der Waals surface area (Å²) in [6, 6.07) is 14.6. The lowest BCUT2D eigenvalue weighted by atomic mass is 10.00. The van der Waals surface area contributed by atoms with E-state index >= 15 is 0 Å². The molecule has 0 N–H and O–H groups in total. The number of aryl methyl sites for hydroxylation is 1. The molecular weight excluding hydrogens is 401 g/mol. The van der Waals surface area contributed by atoms with Crippen molar-refractivity contribution >= 4 is 34.7 Å². The maximum Gasteiger partial charge on any atom is 0.180 e. The summed E-state index contributed by atoms with van der Waals surface area (Å²) in [5.74, 6) is 1.54. The van der Waals surface area contributed by atoms with Crippen LogP contribution in [0.4, 0.5) is 0 Å². The first kappa shape index (κ1) is 17.5. The Labute approximate surface area is 153 Å². The fourth-order valence-electron chi connectivity index (χ4n) is 2.87. The quantitative estimate of drug-likeness (QED) is 0.470. The maximum absolute atomic E-state index is 5.57. The number of benzene rings is 2. The summed E-state index contributed by atoms with van der Waals surface area (Å²) in [7, 11) is 5.38. The van der Waals surface area contributed by atoms with Crippen LogP contribution in [0.3, 0.4) is 0 Å². The second-order valence-corrected chi connectivity index (χ2v) is 5.37. The van der Waals surface area contributed by atoms with E-state index in [0.29, 0.717) is 0 Å². The summed E-state index contributed by atoms with van der Waals surface area (Å²) in [6.07, 6.45) is 5.13. The number of rotatable bonds is 4. The molecule has 1 aromatic heterocycles. The van der Waals surface area contributed by atoms with E-state index in [1.807, 2.05) is 19.2 Å². The first-order chi connectivity index (χ1) is 10.7. The molecule has 3 nitrogen and oxygen atoms in total. The molecule has 0 unspecified atom stereocenters. The van der Waals surface area contributed by atoms with Gasteiger partial charge in [-0.3, -0.25) is 0 Å². The Bertz CT molecular complexity index is 803. The van der Waals surface area contributed by atoms with Gasteiger partial charge in [0.2, 0.25) is 0 Å². The molecule has 1 heterocycles. The van der Waals surface area contributed by atoms with Crippen molar-refractivity contribution in [2.75, 3.05) is 14.2 Å². The van der Waals surface area contributed by atoms with Crippen LogP contribution in [-0.2, 0) is 13.5 Å². The van der Waals surface area contributed by atoms with Gasteiger partial charge in [0.1, 0.15) is 7.05 Å². The molecule has 3 aromatic rings. The highest BCUT2D eigenvalue weighted by Crippen LogP contribution is 2.36. The number of hydrogen-bond acceptors (Lipinski definition) is 2. The highest BCUT2D eigenvalue weighted by Gasteiger charge is 2.16. The number of hydrogen-bond donors (Lipinski definition) is 0. The number of ether oxygens (including phenoxy) is 2. The summed E-state index contributed by atoms with van der Waals surface area (Å²) in [5, 5.41) is 2.26. The van der Waals surface area contributed by atoms with Crippen molar-refractivity contribution in [3.63, 3.8) is 0 Å². The van der Waals surface area contributed by atoms with Crippen molar-refractivity contribution in [3.05, 3.63) is 66.0 Å². The van der Waals surface area contributed by atoms with Crippen molar-refractivity contribution < 1.29 is 14.0 Å². The highest BCUT2D eigenvalue weighted by atomic mass is 127. The average Bonchev–Trinajstić information content (AvgIpc) is 2.54. The zero-order valence-corrected chi connectivity index (χ0v) is 15.9. The van der Waals surface area contributed by atoms with Crippen LogP contribution < -0.4 is 14.0 Å². The minimum atomic E-state index is 0. The van der Waals surface area contributed by atoms with Gasteiger partial charge in [-0.25, -0.2) is 4.57 Å². The smallest absolute Gasteiger partial charge is 0.180 e. The van der Waals surface area contributed by atoms with E-state index in [1.54, 1.807) is 14.2 Å². The van der Waals surface area contributed by atoms with Crippen molar-refractivity contribution in [1.29, 1.82) is 0 Å². The van der Waals surface area contributed by atoms with Crippen LogP contribution in [0.25, 0.3) is 10.8 Å². The first-order valence-electron chi connectivity index (χ1n) is 7.29. The third-order valence-electron chi connectivity index (χ3n) is 3.86. The minimum Gasteiger partial charge on any atom is -0.493 e. The zero-order valence-electron chi connectivity index (χ0n) is 13.6. The number of aromatic nitrogens is 1. The number of pyridine rings is 1. The second-order valence-electron chi connectivity index (χ2n) is 5.37. The largest absolute Gasteiger partial charge is 0.493 e. The molecule has 120 valence electrons. The number of halogens is 1. The van der Waals surface area contributed by atoms with Crippen LogP contribution >= 0.6 is 24.0 Å². The molecule has 0 bridgehead atoms. The van der Waals surface area contributed by atoms with Gasteiger partial charge in [0.15, 0.2) is 23.9 Å². The van der Waals surface area contributed by atoms with Gasteiger partial charge < -0.3 is 9.47 Å². The van der Waals surface area contributed by atoms with Gasteiger partial charge in [-0.2, -0.15) is 0 Å². The first-order valence-corrected chi connectivity index (χ1v) is 7.29. The van der Waals surface area contributed by atoms with Crippen LogP contribution in [0.2, 0.25) is 0 Å². The standard InChI is InChI=1S/C19H20NO2.HI/c1-20-12-15(11-14-7-5-4-6-8-14)16-9-10-18(21-2)19(22-3)17(16)13-20;/h4-10,12-13H,11H2,1-3H3;1H/q+1;. The highest BCUT2D eigenvalue weighted by molar-refractivity contribution is 14.0. The van der Waals surface area contributed by atoms with Gasteiger partial charge in [-0.05, 0) is 17.7 Å². The van der Waals surface area contributed by atoms with Crippen molar-refractivity contribution in [1.82, 2.24) is 0 Å². The third-order valence-corrected chi connectivity index (χ3v) is 3.86. The molecule has 0 spiro atoms. The molecule has 3 rings (SSSR count). The zero-order chi connectivity index (χ0) is 15.5. The molecule has 0 aliphatic heterocycles. The number of fused-ring (bicyclic) bond motifs is 1. The van der Waals surface area contributed by atoms with E-state index < -0.39 is 0 Å². The minimum absolute atomic E-state index is 0. The third kappa shape index (κ3) is 3.58. The summed E-state index contributed by atoms with van der Waals surface area (Å²) >= 11 is 0. The summed E-state index contributed by atoms with van der Waals surface area (Å²) in [6.45, 7) is 0. The summed E-state index contributed by atoms with van der Waals surface area (Å²) < 4.78 is 13.1. The van der Waals surface area contributed by atoms with Gasteiger partial charge in [0.25, 0.3) is 0 Å². The topological polar surface area (TPSA) is 22.3 Å². The normalized spacial score (nSPS) is 10.2. The Morgan fingerprint density at radius 3 is 2.26 bits per heavy atom. The lowest BCUT2D eigenvalue weighted by Gasteiger charge is -2.12. The van der Waals surface area contributed by atoms with Crippen molar-refractivity contribution in [2.45, 2.75) is 6.42 Å². The number of methoxy groups -OCH3 is 2. The van der Waals surface area contributed by atoms with Crippen molar-refractivity contribution in [3.8, 4) is 11.5 Å². The van der Waals surface area contributed by atoms with E-state index in [-0.39, 0.29) is 24.0 Å². The Morgan fingerprint density at radius 2 is 1.61 bits per heavy atom. The molecule has 0 aliphatic rings. The average molecular weight is 422 g/mol. The van der Waals surface area contributed by atoms with Crippen LogP contribution in [0, 0.1) is 0 Å². The van der Waals surface area contributed by atoms with Gasteiger partial charge in [-0.1, -0.05) is 30.3 Å². The Morgan fingerprint density at radius 1 is 0.870 bits per heavy atom. The maximum atomic E-state index is 5.57. The number of nitrogens with zero attached hydrogens (tertiary/aromatic N) is 1. The molecule has 23 heavy (non-hydrogen) atoms. The van der Waals surface area contributed by atoms with Gasteiger partial charge >= 0.3 is 0 Å². The fourth-order valence-corrected chi connectivity index (χ4v) is 2.87. The second kappa shape index (κ2) is 7.64. The monoisotopic (exact) mass is 422 g/mol. The SMILES string of the molecule is COc1ccc2c(Cc3ccccc3)c[n+](C)cc2c1OC.I. The Kier molecular flexibility index (Phi) is 5.82. The van der Waals surface area contributed by atoms with Crippen molar-refractivity contribution in [2.24, 2.45) is 7.05 Å². The van der Waals surface area contributed by atoms with Gasteiger partial charge in [0, 0.05) is 17.4 Å². The van der Waals surface area contributed by atoms with E-state index in [0.717, 1.165) is 23.3 Å². The van der Waals surface area contributed by atoms with E-state index in [4.69, 9.17) is 9.47 Å². The molecule has 0 amide bonds. The fraction of sp³-hybridized carbons (Fsp3) is 0.211. The lowest BCUT2D eigenvalue weighted by molar-refractivity contribution is -0.670. The van der Waals surface area contributed by atoms with Crippen LogP contribution in [0.15, 0.2) is 54.9 Å². The Hall–Kier alpha value is -1.82. The molecule has 0 saturated heterocycles. The molecule has 0 fully saturated rings.